The largest absolute Gasteiger partial charge is 0.507 e. The van der Waals surface area contributed by atoms with Gasteiger partial charge in [-0.15, -0.1) is 0 Å². The van der Waals surface area contributed by atoms with Gasteiger partial charge in [-0.2, -0.15) is 0 Å². The summed E-state index contributed by atoms with van der Waals surface area (Å²) < 4.78 is 16.8. The van der Waals surface area contributed by atoms with Crippen LogP contribution in [0.5, 0.6) is 5.75 Å². The molecule has 3 heterocycles. The van der Waals surface area contributed by atoms with Crippen molar-refractivity contribution in [2.24, 2.45) is 5.41 Å². The average molecular weight is 356 g/mol. The molecule has 26 heavy (non-hydrogen) atoms. The molecule has 0 radical (unpaired) electrons. The monoisotopic (exact) mass is 356 g/mol. The third-order valence-electron chi connectivity index (χ3n) is 5.56. The summed E-state index contributed by atoms with van der Waals surface area (Å²) in [4.78, 5) is 12.7. The summed E-state index contributed by atoms with van der Waals surface area (Å²) in [6, 6.07) is 5.45. The average Bonchev–Trinajstić information content (AvgIpc) is 2.99. The molecule has 2 aromatic rings. The lowest BCUT2D eigenvalue weighted by molar-refractivity contribution is 0.0257. The minimum atomic E-state index is -0.802. The minimum absolute atomic E-state index is 0.0257. The Bertz CT molecular complexity index is 847. The summed E-state index contributed by atoms with van der Waals surface area (Å²) in [6.45, 7) is 2.03. The molecule has 0 saturated heterocycles. The van der Waals surface area contributed by atoms with Gasteiger partial charge >= 0.3 is 5.63 Å². The molecule has 2 aromatic heterocycles. The van der Waals surface area contributed by atoms with Crippen LogP contribution in [0.25, 0.3) is 0 Å². The van der Waals surface area contributed by atoms with Crippen LogP contribution in [0, 0.1) is 5.41 Å². The van der Waals surface area contributed by atoms with E-state index in [4.69, 9.17) is 13.6 Å². The molecule has 1 atom stereocenters. The Labute approximate surface area is 152 Å². The first-order valence-corrected chi connectivity index (χ1v) is 9.28. The van der Waals surface area contributed by atoms with Gasteiger partial charge in [-0.05, 0) is 42.9 Å². The topological polar surface area (TPSA) is 72.8 Å². The summed E-state index contributed by atoms with van der Waals surface area (Å²) in [7, 11) is 0. The zero-order valence-corrected chi connectivity index (χ0v) is 15.0. The maximum Gasteiger partial charge on any atom is 0.346 e. The standard InChI is InChI=1S/C21H24O5/c1-2-6-21(7-4-11-25-21)18-17(22)12-16(26-19(18)23)14-20(8-9-20)13-15-5-3-10-24-15/h3-5,10-12,22H,2,6-9,13-14H2,1H3. The van der Waals surface area contributed by atoms with Crippen molar-refractivity contribution >= 4 is 0 Å². The van der Waals surface area contributed by atoms with E-state index in [2.05, 4.69) is 0 Å². The van der Waals surface area contributed by atoms with Gasteiger partial charge in [-0.1, -0.05) is 13.3 Å². The van der Waals surface area contributed by atoms with E-state index in [-0.39, 0.29) is 16.7 Å². The number of ether oxygens (including phenoxy) is 1. The molecule has 1 aliphatic heterocycles. The third-order valence-corrected chi connectivity index (χ3v) is 5.56. The first-order valence-electron chi connectivity index (χ1n) is 9.28. The Balaban J connectivity index is 1.59. The molecule has 0 bridgehead atoms. The van der Waals surface area contributed by atoms with Gasteiger partial charge in [-0.3, -0.25) is 0 Å². The van der Waals surface area contributed by atoms with Crippen molar-refractivity contribution in [3.8, 4) is 5.75 Å². The van der Waals surface area contributed by atoms with Crippen molar-refractivity contribution < 1.29 is 18.7 Å². The smallest absolute Gasteiger partial charge is 0.346 e. The van der Waals surface area contributed by atoms with Gasteiger partial charge in [0.2, 0.25) is 0 Å². The lowest BCUT2D eigenvalue weighted by Gasteiger charge is -2.28. The molecular formula is C21H24O5. The Hall–Kier alpha value is -2.43. The molecule has 4 rings (SSSR count). The van der Waals surface area contributed by atoms with Crippen LogP contribution in [-0.2, 0) is 23.2 Å². The van der Waals surface area contributed by atoms with Gasteiger partial charge in [0.15, 0.2) is 0 Å². The lowest BCUT2D eigenvalue weighted by atomic mass is 9.87. The Morgan fingerprint density at radius 1 is 1.23 bits per heavy atom. The molecule has 1 aliphatic carbocycles. The molecule has 1 N–H and O–H groups in total. The highest BCUT2D eigenvalue weighted by Crippen LogP contribution is 2.51. The molecule has 5 nitrogen and oxygen atoms in total. The van der Waals surface area contributed by atoms with Crippen LogP contribution in [0.15, 0.2) is 50.4 Å². The van der Waals surface area contributed by atoms with E-state index in [1.807, 2.05) is 25.1 Å². The fourth-order valence-electron chi connectivity index (χ4n) is 4.10. The van der Waals surface area contributed by atoms with E-state index in [1.54, 1.807) is 18.6 Å². The summed E-state index contributed by atoms with van der Waals surface area (Å²) in [5.74, 6) is 1.44. The first kappa shape index (κ1) is 17.0. The van der Waals surface area contributed by atoms with Crippen molar-refractivity contribution in [3.63, 3.8) is 0 Å². The maximum atomic E-state index is 12.7. The molecule has 1 fully saturated rings. The van der Waals surface area contributed by atoms with Crippen molar-refractivity contribution in [1.29, 1.82) is 0 Å². The van der Waals surface area contributed by atoms with Crippen LogP contribution >= 0.6 is 0 Å². The predicted octanol–water partition coefficient (Wildman–Crippen LogP) is 4.43. The normalized spacial score (nSPS) is 23.1. The summed E-state index contributed by atoms with van der Waals surface area (Å²) in [6.07, 6.45) is 10.8. The van der Waals surface area contributed by atoms with Crippen LogP contribution in [0.2, 0.25) is 0 Å². The fourth-order valence-corrected chi connectivity index (χ4v) is 4.10. The quantitative estimate of drug-likeness (QED) is 0.794. The zero-order valence-electron chi connectivity index (χ0n) is 15.0. The van der Waals surface area contributed by atoms with E-state index in [0.717, 1.165) is 31.4 Å². The highest BCUT2D eigenvalue weighted by atomic mass is 16.5. The van der Waals surface area contributed by atoms with E-state index in [0.29, 0.717) is 25.0 Å². The van der Waals surface area contributed by atoms with E-state index in [1.165, 1.54) is 0 Å². The van der Waals surface area contributed by atoms with Crippen LogP contribution in [0.3, 0.4) is 0 Å². The van der Waals surface area contributed by atoms with Gasteiger partial charge in [-0.25, -0.2) is 4.79 Å². The summed E-state index contributed by atoms with van der Waals surface area (Å²) in [5.41, 5.74) is -0.993. The van der Waals surface area contributed by atoms with Crippen molar-refractivity contribution in [2.75, 3.05) is 0 Å². The Morgan fingerprint density at radius 2 is 2.04 bits per heavy atom. The third kappa shape index (κ3) is 3.06. The van der Waals surface area contributed by atoms with Crippen molar-refractivity contribution in [1.82, 2.24) is 0 Å². The minimum Gasteiger partial charge on any atom is -0.507 e. The SMILES string of the molecule is CCCC1(c2c(O)cc(CC3(Cc4ccco4)CC3)oc2=O)CC=CO1. The predicted molar refractivity (Wildman–Crippen MR) is 95.9 cm³/mol. The highest BCUT2D eigenvalue weighted by Gasteiger charge is 2.45. The second-order valence-electron chi connectivity index (χ2n) is 7.63. The number of rotatable bonds is 7. The summed E-state index contributed by atoms with van der Waals surface area (Å²) in [5, 5.41) is 10.6. The van der Waals surface area contributed by atoms with Gasteiger partial charge in [0.25, 0.3) is 0 Å². The second kappa shape index (κ2) is 6.38. The van der Waals surface area contributed by atoms with Gasteiger partial charge in [0.05, 0.1) is 12.5 Å². The van der Waals surface area contributed by atoms with E-state index >= 15 is 0 Å². The molecule has 5 heteroatoms. The Morgan fingerprint density at radius 3 is 2.62 bits per heavy atom. The molecule has 2 aliphatic rings. The summed E-state index contributed by atoms with van der Waals surface area (Å²) >= 11 is 0. The number of hydrogen-bond acceptors (Lipinski definition) is 5. The van der Waals surface area contributed by atoms with Crippen LogP contribution in [0.1, 0.15) is 56.1 Å². The second-order valence-corrected chi connectivity index (χ2v) is 7.63. The molecule has 0 spiro atoms. The number of hydrogen-bond donors (Lipinski definition) is 1. The van der Waals surface area contributed by atoms with Gasteiger partial charge < -0.3 is 18.7 Å². The van der Waals surface area contributed by atoms with Crippen LogP contribution in [-0.4, -0.2) is 5.11 Å². The fraction of sp³-hybridized carbons (Fsp3) is 0.476. The number of aromatic hydroxyl groups is 1. The van der Waals surface area contributed by atoms with Gasteiger partial charge in [0.1, 0.15) is 28.4 Å². The maximum absolute atomic E-state index is 12.7. The molecule has 138 valence electrons. The zero-order chi connectivity index (χ0) is 18.2. The molecule has 0 amide bonds. The van der Waals surface area contributed by atoms with Crippen LogP contribution in [0.4, 0.5) is 0 Å². The molecular weight excluding hydrogens is 332 g/mol. The van der Waals surface area contributed by atoms with E-state index < -0.39 is 11.2 Å². The molecule has 0 aromatic carbocycles. The number of furan rings is 1. The molecule has 1 unspecified atom stereocenters. The van der Waals surface area contributed by atoms with Crippen molar-refractivity contribution in [3.05, 3.63) is 64.3 Å². The lowest BCUT2D eigenvalue weighted by Crippen LogP contribution is -2.31. The van der Waals surface area contributed by atoms with Crippen LogP contribution < -0.4 is 5.63 Å². The van der Waals surface area contributed by atoms with Crippen molar-refractivity contribution in [2.45, 2.75) is 57.5 Å². The molecule has 1 saturated carbocycles. The first-order chi connectivity index (χ1) is 12.6. The van der Waals surface area contributed by atoms with E-state index in [9.17, 15) is 9.90 Å². The highest BCUT2D eigenvalue weighted by molar-refractivity contribution is 5.37. The Kier molecular flexibility index (Phi) is 4.17. The van der Waals surface area contributed by atoms with Gasteiger partial charge in [0, 0.05) is 25.3 Å².